The molecule has 2 heterocycles. The van der Waals surface area contributed by atoms with Gasteiger partial charge in [-0.05, 0) is 39.7 Å². The van der Waals surface area contributed by atoms with Crippen LogP contribution in [0.5, 0.6) is 0 Å². The minimum absolute atomic E-state index is 0.0474. The first-order valence-corrected chi connectivity index (χ1v) is 7.49. The molecule has 4 heteroatoms. The monoisotopic (exact) mass is 255 g/mol. The Bertz CT molecular complexity index is 253. The first-order valence-electron chi connectivity index (χ1n) is 7.49. The van der Waals surface area contributed by atoms with E-state index in [-0.39, 0.29) is 5.54 Å². The molecule has 2 aliphatic rings. The van der Waals surface area contributed by atoms with Gasteiger partial charge >= 0.3 is 0 Å². The zero-order chi connectivity index (χ0) is 13.0. The lowest BCUT2D eigenvalue weighted by molar-refractivity contribution is 0.00879. The molecule has 1 atom stereocenters. The third-order valence-electron chi connectivity index (χ3n) is 4.76. The third-order valence-corrected chi connectivity index (χ3v) is 4.76. The van der Waals surface area contributed by atoms with E-state index < -0.39 is 0 Å². The van der Waals surface area contributed by atoms with Gasteiger partial charge in [-0.25, -0.2) is 0 Å². The lowest BCUT2D eigenvalue weighted by atomic mass is 9.88. The third kappa shape index (κ3) is 3.05. The average Bonchev–Trinajstić information content (AvgIpc) is 2.63. The molecule has 0 amide bonds. The molecule has 0 aromatic carbocycles. The van der Waals surface area contributed by atoms with Gasteiger partial charge in [-0.1, -0.05) is 0 Å². The van der Waals surface area contributed by atoms with Crippen LogP contribution in [0.1, 0.15) is 33.1 Å². The van der Waals surface area contributed by atoms with Crippen LogP contribution in [-0.4, -0.2) is 72.4 Å². The molecule has 0 saturated carbocycles. The van der Waals surface area contributed by atoms with Crippen molar-refractivity contribution in [3.63, 3.8) is 0 Å². The summed E-state index contributed by atoms with van der Waals surface area (Å²) < 4.78 is 0. The smallest absolute Gasteiger partial charge is 0.0615 e. The quantitative estimate of drug-likeness (QED) is 0.771. The van der Waals surface area contributed by atoms with Crippen LogP contribution in [-0.2, 0) is 0 Å². The topological polar surface area (TPSA) is 38.7 Å². The van der Waals surface area contributed by atoms with Crippen LogP contribution in [0.2, 0.25) is 0 Å². The fourth-order valence-electron chi connectivity index (χ4n) is 3.43. The van der Waals surface area contributed by atoms with Crippen LogP contribution in [0.3, 0.4) is 0 Å². The number of nitrogens with one attached hydrogen (secondary N) is 1. The maximum Gasteiger partial charge on any atom is 0.0615 e. The molecule has 0 aliphatic carbocycles. The highest BCUT2D eigenvalue weighted by atomic mass is 16.3. The van der Waals surface area contributed by atoms with E-state index in [4.69, 9.17) is 0 Å². The summed E-state index contributed by atoms with van der Waals surface area (Å²) in [5.74, 6) is 0. The van der Waals surface area contributed by atoms with Crippen LogP contribution < -0.4 is 5.32 Å². The predicted octanol–water partition coefficient (Wildman–Crippen LogP) is 0.517. The molecule has 0 spiro atoms. The summed E-state index contributed by atoms with van der Waals surface area (Å²) in [4.78, 5) is 5.09. The Hall–Kier alpha value is -0.160. The molecule has 2 saturated heterocycles. The molecular weight excluding hydrogens is 226 g/mol. The van der Waals surface area contributed by atoms with E-state index in [1.54, 1.807) is 0 Å². The molecule has 18 heavy (non-hydrogen) atoms. The van der Waals surface area contributed by atoms with Gasteiger partial charge in [0.15, 0.2) is 0 Å². The zero-order valence-electron chi connectivity index (χ0n) is 12.0. The van der Waals surface area contributed by atoms with Gasteiger partial charge in [0, 0.05) is 44.3 Å². The molecular formula is C14H29N3O. The normalized spacial score (nSPS) is 32.7. The molecule has 106 valence electrons. The van der Waals surface area contributed by atoms with Gasteiger partial charge in [0.05, 0.1) is 6.61 Å². The van der Waals surface area contributed by atoms with Gasteiger partial charge in [0.2, 0.25) is 0 Å². The van der Waals surface area contributed by atoms with E-state index in [1.807, 2.05) is 0 Å². The molecule has 4 nitrogen and oxygen atoms in total. The zero-order valence-corrected chi connectivity index (χ0v) is 12.0. The second-order valence-corrected chi connectivity index (χ2v) is 6.10. The van der Waals surface area contributed by atoms with Gasteiger partial charge in [-0.2, -0.15) is 0 Å². The van der Waals surface area contributed by atoms with Crippen molar-refractivity contribution in [2.75, 3.05) is 45.9 Å². The number of rotatable bonds is 3. The highest BCUT2D eigenvalue weighted by Crippen LogP contribution is 2.29. The summed E-state index contributed by atoms with van der Waals surface area (Å²) in [7, 11) is 0. The summed E-state index contributed by atoms with van der Waals surface area (Å²) >= 11 is 0. The molecule has 0 aromatic rings. The molecule has 0 radical (unpaired) electrons. The Labute approximate surface area is 111 Å². The minimum Gasteiger partial charge on any atom is -0.394 e. The summed E-state index contributed by atoms with van der Waals surface area (Å²) in [5, 5.41) is 13.4. The standard InChI is InChI=1S/C14H29N3O/c1-13(2)16-8-3-4-14(12-18,5-9-16)17-10-6-15-7-11-17/h13,15,18H,3-12H2,1-2H3. The molecule has 2 rings (SSSR count). The van der Waals surface area contributed by atoms with Crippen molar-refractivity contribution in [2.24, 2.45) is 0 Å². The lowest BCUT2D eigenvalue weighted by Gasteiger charge is -2.44. The Morgan fingerprint density at radius 3 is 2.44 bits per heavy atom. The second kappa shape index (κ2) is 6.33. The van der Waals surface area contributed by atoms with Crippen molar-refractivity contribution in [2.45, 2.75) is 44.7 Å². The number of hydrogen-bond donors (Lipinski definition) is 2. The van der Waals surface area contributed by atoms with Crippen molar-refractivity contribution >= 4 is 0 Å². The number of piperazine rings is 1. The summed E-state index contributed by atoms with van der Waals surface area (Å²) in [6.45, 7) is 11.5. The summed E-state index contributed by atoms with van der Waals surface area (Å²) in [6.07, 6.45) is 3.47. The number of nitrogens with zero attached hydrogens (tertiary/aromatic N) is 2. The Kier molecular flexibility index (Phi) is 5.01. The molecule has 2 N–H and O–H groups in total. The predicted molar refractivity (Wildman–Crippen MR) is 74.8 cm³/mol. The Morgan fingerprint density at radius 1 is 1.11 bits per heavy atom. The molecule has 0 bridgehead atoms. The van der Waals surface area contributed by atoms with E-state index in [2.05, 4.69) is 29.0 Å². The van der Waals surface area contributed by atoms with Crippen molar-refractivity contribution in [3.05, 3.63) is 0 Å². The maximum atomic E-state index is 9.96. The number of aliphatic hydroxyl groups excluding tert-OH is 1. The van der Waals surface area contributed by atoms with Crippen LogP contribution in [0, 0.1) is 0 Å². The SMILES string of the molecule is CC(C)N1CCCC(CO)(N2CCNCC2)CC1. The van der Waals surface area contributed by atoms with E-state index in [9.17, 15) is 5.11 Å². The van der Waals surface area contributed by atoms with Gasteiger partial charge in [-0.3, -0.25) is 4.90 Å². The summed E-state index contributed by atoms with van der Waals surface area (Å²) in [6, 6.07) is 0.627. The van der Waals surface area contributed by atoms with E-state index >= 15 is 0 Å². The number of aliphatic hydroxyl groups is 1. The highest BCUT2D eigenvalue weighted by Gasteiger charge is 2.38. The van der Waals surface area contributed by atoms with Gasteiger partial charge in [0.25, 0.3) is 0 Å². The van der Waals surface area contributed by atoms with Gasteiger partial charge in [-0.15, -0.1) is 0 Å². The number of likely N-dealkylation sites (tertiary alicyclic amines) is 1. The summed E-state index contributed by atoms with van der Waals surface area (Å²) in [5.41, 5.74) is 0.0474. The van der Waals surface area contributed by atoms with E-state index in [1.165, 1.54) is 13.0 Å². The van der Waals surface area contributed by atoms with Crippen molar-refractivity contribution in [3.8, 4) is 0 Å². The molecule has 1 unspecified atom stereocenters. The molecule has 2 aliphatic heterocycles. The van der Waals surface area contributed by atoms with Crippen molar-refractivity contribution in [1.29, 1.82) is 0 Å². The fourth-order valence-corrected chi connectivity index (χ4v) is 3.43. The Morgan fingerprint density at radius 2 is 1.83 bits per heavy atom. The first-order chi connectivity index (χ1) is 8.68. The highest BCUT2D eigenvalue weighted by molar-refractivity contribution is 4.95. The van der Waals surface area contributed by atoms with Crippen molar-refractivity contribution < 1.29 is 5.11 Å². The largest absolute Gasteiger partial charge is 0.394 e. The first kappa shape index (κ1) is 14.3. The van der Waals surface area contributed by atoms with Gasteiger partial charge < -0.3 is 15.3 Å². The second-order valence-electron chi connectivity index (χ2n) is 6.10. The van der Waals surface area contributed by atoms with Crippen LogP contribution in [0.25, 0.3) is 0 Å². The molecule has 0 aromatic heterocycles. The fraction of sp³-hybridized carbons (Fsp3) is 1.00. The lowest BCUT2D eigenvalue weighted by Crippen LogP contribution is -2.58. The van der Waals surface area contributed by atoms with Gasteiger partial charge in [0.1, 0.15) is 0 Å². The van der Waals surface area contributed by atoms with E-state index in [0.29, 0.717) is 12.6 Å². The van der Waals surface area contributed by atoms with Crippen LogP contribution >= 0.6 is 0 Å². The maximum absolute atomic E-state index is 9.96. The molecule has 2 fully saturated rings. The van der Waals surface area contributed by atoms with Crippen LogP contribution in [0.15, 0.2) is 0 Å². The van der Waals surface area contributed by atoms with Crippen LogP contribution in [0.4, 0.5) is 0 Å². The number of hydrogen-bond acceptors (Lipinski definition) is 4. The minimum atomic E-state index is 0.0474. The van der Waals surface area contributed by atoms with E-state index in [0.717, 1.165) is 45.6 Å². The van der Waals surface area contributed by atoms with Crippen molar-refractivity contribution in [1.82, 2.24) is 15.1 Å². The average molecular weight is 255 g/mol. The Balaban J connectivity index is 2.02.